The molecule has 3 heterocycles. The fourth-order valence-corrected chi connectivity index (χ4v) is 5.55. The molecular formula is C25H29N3O4. The SMILES string of the molecule is CCNC(=O)[C@H]1[C@H](CO)[C@H]2Cn3c(ccc(-c4ccccc4)c3=O)[C@@H]1N2C(=O)CC1CC1. The Bertz CT molecular complexity index is 1090. The highest BCUT2D eigenvalue weighted by atomic mass is 16.3. The summed E-state index contributed by atoms with van der Waals surface area (Å²) in [4.78, 5) is 41.7. The number of aliphatic hydroxyl groups is 1. The number of hydrogen-bond donors (Lipinski definition) is 2. The lowest BCUT2D eigenvalue weighted by atomic mass is 9.86. The lowest BCUT2D eigenvalue weighted by Gasteiger charge is -2.38. The number of amides is 2. The van der Waals surface area contributed by atoms with Crippen LogP contribution in [0.4, 0.5) is 0 Å². The van der Waals surface area contributed by atoms with Gasteiger partial charge in [-0.3, -0.25) is 14.4 Å². The lowest BCUT2D eigenvalue weighted by molar-refractivity contribution is -0.137. The first-order valence-corrected chi connectivity index (χ1v) is 11.5. The summed E-state index contributed by atoms with van der Waals surface area (Å²) >= 11 is 0. The van der Waals surface area contributed by atoms with E-state index in [0.29, 0.717) is 36.7 Å². The average Bonchev–Trinajstić information content (AvgIpc) is 3.57. The Kier molecular flexibility index (Phi) is 5.37. The third-order valence-corrected chi connectivity index (χ3v) is 7.23. The van der Waals surface area contributed by atoms with Gasteiger partial charge in [0.1, 0.15) is 0 Å². The molecule has 7 heteroatoms. The maximum Gasteiger partial charge on any atom is 0.258 e. The third-order valence-electron chi connectivity index (χ3n) is 7.23. The van der Waals surface area contributed by atoms with Gasteiger partial charge in [0.25, 0.3) is 5.56 Å². The molecule has 0 spiro atoms. The summed E-state index contributed by atoms with van der Waals surface area (Å²) in [7, 11) is 0. The standard InChI is InChI=1S/C25H29N3O4/c1-2-26-24(31)22-18(14-29)20-13-27-19(23(22)28(20)21(30)12-15-8-9-15)11-10-17(25(27)32)16-6-4-3-5-7-16/h3-7,10-11,15,18,20,22-23,29H,2,8-9,12-14H2,1H3,(H,26,31)/t18-,20-,22+,23+/m1/s1. The van der Waals surface area contributed by atoms with Crippen molar-refractivity contribution in [3.8, 4) is 11.1 Å². The summed E-state index contributed by atoms with van der Waals surface area (Å²) in [5, 5.41) is 13.2. The highest BCUT2D eigenvalue weighted by Gasteiger charge is 2.57. The Hall–Kier alpha value is -2.93. The van der Waals surface area contributed by atoms with Crippen molar-refractivity contribution < 1.29 is 14.7 Å². The number of rotatable bonds is 6. The quantitative estimate of drug-likeness (QED) is 0.726. The molecule has 5 rings (SSSR count). The van der Waals surface area contributed by atoms with Crippen LogP contribution in [0.1, 0.15) is 37.9 Å². The van der Waals surface area contributed by atoms with Gasteiger partial charge in [-0.1, -0.05) is 30.3 Å². The molecule has 0 radical (unpaired) electrons. The Morgan fingerprint density at radius 1 is 1.12 bits per heavy atom. The second-order valence-corrected chi connectivity index (χ2v) is 9.18. The van der Waals surface area contributed by atoms with Crippen LogP contribution in [-0.2, 0) is 16.1 Å². The summed E-state index contributed by atoms with van der Waals surface area (Å²) < 4.78 is 1.72. The molecule has 2 fully saturated rings. The molecule has 2 amide bonds. The van der Waals surface area contributed by atoms with Crippen LogP contribution in [-0.4, -0.2) is 45.6 Å². The van der Waals surface area contributed by atoms with Crippen LogP contribution in [0.3, 0.4) is 0 Å². The van der Waals surface area contributed by atoms with Gasteiger partial charge in [0.2, 0.25) is 11.8 Å². The van der Waals surface area contributed by atoms with Crippen LogP contribution in [0, 0.1) is 17.8 Å². The topological polar surface area (TPSA) is 91.6 Å². The lowest BCUT2D eigenvalue weighted by Crippen LogP contribution is -2.49. The largest absolute Gasteiger partial charge is 0.396 e. The van der Waals surface area contributed by atoms with Gasteiger partial charge >= 0.3 is 0 Å². The molecule has 2 bridgehead atoms. The zero-order valence-electron chi connectivity index (χ0n) is 18.2. The number of pyridine rings is 1. The first kappa shape index (κ1) is 20.9. The predicted molar refractivity (Wildman–Crippen MR) is 120 cm³/mol. The Morgan fingerprint density at radius 2 is 1.88 bits per heavy atom. The predicted octanol–water partition coefficient (Wildman–Crippen LogP) is 1.94. The molecule has 2 aliphatic heterocycles. The van der Waals surface area contributed by atoms with Crippen molar-refractivity contribution in [3.05, 3.63) is 58.5 Å². The molecule has 32 heavy (non-hydrogen) atoms. The van der Waals surface area contributed by atoms with Gasteiger partial charge in [-0.25, -0.2) is 0 Å². The van der Waals surface area contributed by atoms with E-state index >= 15 is 0 Å². The molecule has 0 unspecified atom stereocenters. The Morgan fingerprint density at radius 3 is 2.53 bits per heavy atom. The number of benzene rings is 1. The van der Waals surface area contributed by atoms with Gasteiger partial charge in [-0.2, -0.15) is 0 Å². The zero-order chi connectivity index (χ0) is 22.4. The van der Waals surface area contributed by atoms with E-state index in [1.807, 2.05) is 48.2 Å². The average molecular weight is 436 g/mol. The first-order chi connectivity index (χ1) is 15.5. The molecule has 168 valence electrons. The fourth-order valence-electron chi connectivity index (χ4n) is 5.55. The molecule has 3 aliphatic rings. The zero-order valence-corrected chi connectivity index (χ0v) is 18.2. The second kappa shape index (κ2) is 8.20. The van der Waals surface area contributed by atoms with Gasteiger partial charge in [-0.15, -0.1) is 0 Å². The van der Waals surface area contributed by atoms with Crippen molar-refractivity contribution in [1.29, 1.82) is 0 Å². The maximum atomic E-state index is 13.5. The van der Waals surface area contributed by atoms with Gasteiger partial charge < -0.3 is 19.9 Å². The molecule has 7 nitrogen and oxygen atoms in total. The molecule has 2 aromatic rings. The number of aliphatic hydroxyl groups excluding tert-OH is 1. The van der Waals surface area contributed by atoms with Crippen LogP contribution in [0.25, 0.3) is 11.1 Å². The van der Waals surface area contributed by atoms with Crippen molar-refractivity contribution in [1.82, 2.24) is 14.8 Å². The van der Waals surface area contributed by atoms with E-state index in [1.165, 1.54) is 0 Å². The highest BCUT2D eigenvalue weighted by Crippen LogP contribution is 2.49. The highest BCUT2D eigenvalue weighted by molar-refractivity contribution is 5.84. The maximum absolute atomic E-state index is 13.5. The molecule has 4 atom stereocenters. The van der Waals surface area contributed by atoms with E-state index in [-0.39, 0.29) is 30.0 Å². The fraction of sp³-hybridized carbons (Fsp3) is 0.480. The van der Waals surface area contributed by atoms with Crippen LogP contribution in [0.15, 0.2) is 47.3 Å². The van der Waals surface area contributed by atoms with Crippen LogP contribution in [0.2, 0.25) is 0 Å². The Balaban J connectivity index is 1.62. The van der Waals surface area contributed by atoms with Gasteiger partial charge in [0.15, 0.2) is 0 Å². The first-order valence-electron chi connectivity index (χ1n) is 11.5. The molecule has 1 aromatic carbocycles. The summed E-state index contributed by atoms with van der Waals surface area (Å²) in [6, 6.07) is 12.3. The minimum Gasteiger partial charge on any atom is -0.396 e. The van der Waals surface area contributed by atoms with Crippen molar-refractivity contribution in [2.75, 3.05) is 13.2 Å². The second-order valence-electron chi connectivity index (χ2n) is 9.18. The monoisotopic (exact) mass is 435 g/mol. The molecule has 1 aromatic heterocycles. The smallest absolute Gasteiger partial charge is 0.258 e. The summed E-state index contributed by atoms with van der Waals surface area (Å²) in [5.41, 5.74) is 2.00. The number of carbonyl (C=O) groups excluding carboxylic acids is 2. The van der Waals surface area contributed by atoms with E-state index in [2.05, 4.69) is 5.32 Å². The van der Waals surface area contributed by atoms with Crippen molar-refractivity contribution in [3.63, 3.8) is 0 Å². The van der Waals surface area contributed by atoms with Crippen molar-refractivity contribution >= 4 is 11.8 Å². The van der Waals surface area contributed by atoms with E-state index in [0.717, 1.165) is 18.4 Å². The van der Waals surface area contributed by atoms with E-state index in [9.17, 15) is 19.5 Å². The van der Waals surface area contributed by atoms with Crippen LogP contribution < -0.4 is 10.9 Å². The number of fused-ring (bicyclic) bond motifs is 4. The number of carbonyl (C=O) groups is 2. The molecule has 2 N–H and O–H groups in total. The molecule has 1 saturated carbocycles. The number of nitrogens with one attached hydrogen (secondary N) is 1. The van der Waals surface area contributed by atoms with Gasteiger partial charge in [-0.05, 0) is 43.4 Å². The minimum atomic E-state index is -0.580. The molecular weight excluding hydrogens is 406 g/mol. The number of hydrogen-bond acceptors (Lipinski definition) is 4. The molecule has 1 saturated heterocycles. The van der Waals surface area contributed by atoms with Crippen LogP contribution >= 0.6 is 0 Å². The minimum absolute atomic E-state index is 0.0265. The molecule has 1 aliphatic carbocycles. The van der Waals surface area contributed by atoms with Crippen molar-refractivity contribution in [2.24, 2.45) is 17.8 Å². The van der Waals surface area contributed by atoms with Gasteiger partial charge in [0.05, 0.1) is 18.0 Å². The van der Waals surface area contributed by atoms with E-state index in [4.69, 9.17) is 0 Å². The Labute approximate surface area is 187 Å². The summed E-state index contributed by atoms with van der Waals surface area (Å²) in [5.74, 6) is -0.713. The number of aromatic nitrogens is 1. The van der Waals surface area contributed by atoms with Crippen molar-refractivity contribution in [2.45, 2.75) is 44.8 Å². The summed E-state index contributed by atoms with van der Waals surface area (Å²) in [6.45, 7) is 2.42. The number of nitrogens with zero attached hydrogens (tertiary/aromatic N) is 2. The van der Waals surface area contributed by atoms with E-state index in [1.54, 1.807) is 10.6 Å². The summed E-state index contributed by atoms with van der Waals surface area (Å²) in [6.07, 6.45) is 2.60. The normalized spacial score (nSPS) is 26.0. The van der Waals surface area contributed by atoms with Crippen LogP contribution in [0.5, 0.6) is 0 Å². The van der Waals surface area contributed by atoms with E-state index < -0.39 is 17.9 Å². The third kappa shape index (κ3) is 3.35. The van der Waals surface area contributed by atoms with Gasteiger partial charge in [0, 0.05) is 43.3 Å².